The van der Waals surface area contributed by atoms with E-state index in [1.54, 1.807) is 0 Å². The highest BCUT2D eigenvalue weighted by Gasteiger charge is 2.44. The molecule has 1 aliphatic heterocycles. The zero-order valence-electron chi connectivity index (χ0n) is 23.0. The SMILES string of the molecule is CCCCCCCCCCCCCCCCOP(=O)([O-])OC[C@H]1O[C@@H](n2cnc3c(N)ncnc32)[C@H](O)[C@@H]1O. The van der Waals surface area contributed by atoms with Crippen molar-refractivity contribution in [3.05, 3.63) is 12.7 Å². The monoisotopic (exact) mass is 570 g/mol. The van der Waals surface area contributed by atoms with E-state index in [4.69, 9.17) is 19.5 Å². The van der Waals surface area contributed by atoms with Gasteiger partial charge in [-0.3, -0.25) is 9.13 Å². The molecule has 4 N–H and O–H groups in total. The second kappa shape index (κ2) is 16.6. The maximum Gasteiger partial charge on any atom is 0.267 e. The minimum atomic E-state index is -4.58. The standard InChI is InChI=1S/C26H46N5O7P/c1-2-3-4-5-6-7-8-9-10-11-12-13-14-15-16-36-39(34,35)37-17-20-22(32)23(33)26(38-20)31-19-30-21-24(27)28-18-29-25(21)31/h18-20,22-23,26,32-33H,2-17H2,1H3,(H,34,35)(H2,27,28,29)/p-1/t20-,22-,23-,26-/m1/s1. The second-order valence-corrected chi connectivity index (χ2v) is 11.7. The number of hydrogen-bond acceptors (Lipinski definition) is 11. The van der Waals surface area contributed by atoms with Gasteiger partial charge >= 0.3 is 0 Å². The first-order valence-electron chi connectivity index (χ1n) is 14.4. The number of fused-ring (bicyclic) bond motifs is 1. The van der Waals surface area contributed by atoms with E-state index in [0.29, 0.717) is 17.6 Å². The van der Waals surface area contributed by atoms with Crippen LogP contribution in [0.2, 0.25) is 0 Å². The molecule has 0 radical (unpaired) electrons. The molecule has 12 nitrogen and oxygen atoms in total. The van der Waals surface area contributed by atoms with Gasteiger partial charge in [-0.1, -0.05) is 90.4 Å². The van der Waals surface area contributed by atoms with E-state index in [0.717, 1.165) is 19.3 Å². The van der Waals surface area contributed by atoms with E-state index in [2.05, 4.69) is 21.9 Å². The van der Waals surface area contributed by atoms with Gasteiger partial charge in [0.1, 0.15) is 30.2 Å². The van der Waals surface area contributed by atoms with E-state index in [9.17, 15) is 19.7 Å². The van der Waals surface area contributed by atoms with Crippen molar-refractivity contribution in [2.45, 2.75) is 121 Å². The number of aliphatic hydroxyl groups is 2. The third-order valence-corrected chi connectivity index (χ3v) is 8.11. The van der Waals surface area contributed by atoms with Crippen LogP contribution in [0.5, 0.6) is 0 Å². The zero-order chi connectivity index (χ0) is 28.1. The topological polar surface area (TPSA) is 178 Å². The molecule has 1 aliphatic rings. The smallest absolute Gasteiger partial charge is 0.267 e. The van der Waals surface area contributed by atoms with E-state index in [1.165, 1.54) is 81.4 Å². The van der Waals surface area contributed by atoms with Gasteiger partial charge < -0.3 is 34.6 Å². The lowest BCUT2D eigenvalue weighted by Gasteiger charge is -2.25. The van der Waals surface area contributed by atoms with E-state index < -0.39 is 39.0 Å². The lowest BCUT2D eigenvalue weighted by atomic mass is 10.0. The van der Waals surface area contributed by atoms with E-state index in [1.807, 2.05) is 0 Å². The predicted octanol–water partition coefficient (Wildman–Crippen LogP) is 4.01. The van der Waals surface area contributed by atoms with Crippen LogP contribution in [-0.4, -0.2) is 61.3 Å². The lowest BCUT2D eigenvalue weighted by molar-refractivity contribution is -0.228. The molecule has 0 aromatic carbocycles. The van der Waals surface area contributed by atoms with Crippen molar-refractivity contribution in [1.82, 2.24) is 19.5 Å². The number of imidazole rings is 1. The zero-order valence-corrected chi connectivity index (χ0v) is 23.9. The molecule has 5 atom stereocenters. The molecule has 0 saturated carbocycles. The minimum Gasteiger partial charge on any atom is -0.756 e. The molecule has 13 heteroatoms. The van der Waals surface area contributed by atoms with Gasteiger partial charge in [0.05, 0.1) is 19.5 Å². The molecule has 0 bridgehead atoms. The molecular formula is C26H45N5O7P-. The summed E-state index contributed by atoms with van der Waals surface area (Å²) < 4.78 is 29.2. The maximum absolute atomic E-state index is 12.2. The molecule has 2 aromatic rings. The molecule has 0 aliphatic carbocycles. The van der Waals surface area contributed by atoms with Gasteiger partial charge in [-0.25, -0.2) is 15.0 Å². The van der Waals surface area contributed by atoms with Gasteiger partial charge in [-0.2, -0.15) is 0 Å². The van der Waals surface area contributed by atoms with Crippen LogP contribution in [0.4, 0.5) is 5.82 Å². The molecular weight excluding hydrogens is 525 g/mol. The Morgan fingerprint density at radius 1 is 0.923 bits per heavy atom. The van der Waals surface area contributed by atoms with Gasteiger partial charge in [0, 0.05) is 0 Å². The Labute approximate surface area is 230 Å². The Bertz CT molecular complexity index is 1030. The van der Waals surface area contributed by atoms with Crippen molar-refractivity contribution in [2.24, 2.45) is 0 Å². The first kappa shape index (κ1) is 31.9. The number of unbranched alkanes of at least 4 members (excludes halogenated alkanes) is 13. The average Bonchev–Trinajstić information content (AvgIpc) is 3.47. The normalized spacial score (nSPS) is 23.0. The number of anilines is 1. The molecule has 39 heavy (non-hydrogen) atoms. The summed E-state index contributed by atoms with van der Waals surface area (Å²) in [4.78, 5) is 24.2. The Balaban J connectivity index is 1.25. The molecule has 1 saturated heterocycles. The summed E-state index contributed by atoms with van der Waals surface area (Å²) in [6.45, 7) is 1.78. The van der Waals surface area contributed by atoms with Crippen LogP contribution >= 0.6 is 7.82 Å². The number of rotatable bonds is 20. The molecule has 0 spiro atoms. The summed E-state index contributed by atoms with van der Waals surface area (Å²) in [5.41, 5.74) is 6.42. The van der Waals surface area contributed by atoms with Gasteiger partial charge in [-0.15, -0.1) is 0 Å². The van der Waals surface area contributed by atoms with Crippen molar-refractivity contribution in [3.8, 4) is 0 Å². The third-order valence-electron chi connectivity index (χ3n) is 7.14. The van der Waals surface area contributed by atoms with Crippen molar-refractivity contribution >= 4 is 24.8 Å². The fraction of sp³-hybridized carbons (Fsp3) is 0.808. The predicted molar refractivity (Wildman–Crippen MR) is 145 cm³/mol. The number of ether oxygens (including phenoxy) is 1. The molecule has 0 amide bonds. The summed E-state index contributed by atoms with van der Waals surface area (Å²) >= 11 is 0. The number of hydrogen-bond donors (Lipinski definition) is 3. The number of nitrogen functional groups attached to an aromatic ring is 1. The van der Waals surface area contributed by atoms with E-state index >= 15 is 0 Å². The highest BCUT2D eigenvalue weighted by atomic mass is 31.2. The fourth-order valence-electron chi connectivity index (χ4n) is 4.83. The van der Waals surface area contributed by atoms with Gasteiger partial charge in [0.15, 0.2) is 17.7 Å². The molecule has 2 aromatic heterocycles. The Morgan fingerprint density at radius 3 is 2.13 bits per heavy atom. The number of phosphoric ester groups is 1. The van der Waals surface area contributed by atoms with Crippen LogP contribution in [0.1, 0.15) is 103 Å². The minimum absolute atomic E-state index is 0.0420. The van der Waals surface area contributed by atoms with E-state index in [-0.39, 0.29) is 12.4 Å². The largest absolute Gasteiger partial charge is 0.756 e. The first-order chi connectivity index (χ1) is 18.8. The summed E-state index contributed by atoms with van der Waals surface area (Å²) in [6.07, 6.45) is 14.6. The summed E-state index contributed by atoms with van der Waals surface area (Å²) in [5.74, 6) is 0.162. The van der Waals surface area contributed by atoms with Crippen LogP contribution in [-0.2, 0) is 18.3 Å². The molecule has 1 fully saturated rings. The molecule has 1 unspecified atom stereocenters. The van der Waals surface area contributed by atoms with Crippen LogP contribution in [0, 0.1) is 0 Å². The number of aromatic nitrogens is 4. The highest BCUT2D eigenvalue weighted by Crippen LogP contribution is 2.40. The summed E-state index contributed by atoms with van der Waals surface area (Å²) in [6, 6.07) is 0. The Hall–Kier alpha value is -1.66. The highest BCUT2D eigenvalue weighted by molar-refractivity contribution is 7.45. The van der Waals surface area contributed by atoms with Crippen molar-refractivity contribution in [2.75, 3.05) is 18.9 Å². The van der Waals surface area contributed by atoms with Crippen LogP contribution in [0.3, 0.4) is 0 Å². The molecule has 222 valence electrons. The molecule has 3 heterocycles. The van der Waals surface area contributed by atoms with Crippen molar-refractivity contribution < 1.29 is 33.5 Å². The second-order valence-electron chi connectivity index (χ2n) is 10.3. The van der Waals surface area contributed by atoms with Crippen LogP contribution < -0.4 is 10.6 Å². The Morgan fingerprint density at radius 2 is 1.51 bits per heavy atom. The van der Waals surface area contributed by atoms with Crippen molar-refractivity contribution in [1.29, 1.82) is 0 Å². The third kappa shape index (κ3) is 10.0. The Kier molecular flexibility index (Phi) is 13.5. The number of nitrogens with zero attached hydrogens (tertiary/aromatic N) is 4. The van der Waals surface area contributed by atoms with Gasteiger partial charge in [-0.05, 0) is 6.42 Å². The van der Waals surface area contributed by atoms with Crippen LogP contribution in [0.15, 0.2) is 12.7 Å². The maximum atomic E-state index is 12.2. The number of aliphatic hydroxyl groups excluding tert-OH is 2. The first-order valence-corrected chi connectivity index (χ1v) is 15.8. The average molecular weight is 571 g/mol. The number of phosphoric acid groups is 1. The molecule has 3 rings (SSSR count). The quantitative estimate of drug-likeness (QED) is 0.155. The van der Waals surface area contributed by atoms with Gasteiger partial charge in [0.2, 0.25) is 0 Å². The van der Waals surface area contributed by atoms with Crippen molar-refractivity contribution in [3.63, 3.8) is 0 Å². The summed E-state index contributed by atoms with van der Waals surface area (Å²) in [5, 5.41) is 20.9. The van der Waals surface area contributed by atoms with Gasteiger partial charge in [0.25, 0.3) is 7.82 Å². The van der Waals surface area contributed by atoms with Crippen LogP contribution in [0.25, 0.3) is 11.2 Å². The lowest BCUT2D eigenvalue weighted by Crippen LogP contribution is -2.34. The fourth-order valence-corrected chi connectivity index (χ4v) is 5.58. The number of nitrogens with two attached hydrogens (primary N) is 1. The summed E-state index contributed by atoms with van der Waals surface area (Å²) in [7, 11) is -4.58.